The number of hydrogen-bond donors (Lipinski definition) is 1. The van der Waals surface area contributed by atoms with E-state index < -0.39 is 0 Å². The fraction of sp³-hybridized carbons (Fsp3) is 0.647. The number of nitrogens with one attached hydrogen (secondary N) is 1. The second kappa shape index (κ2) is 8.21. The highest BCUT2D eigenvalue weighted by molar-refractivity contribution is 5.28. The van der Waals surface area contributed by atoms with Gasteiger partial charge in [0, 0.05) is 6.54 Å². The van der Waals surface area contributed by atoms with E-state index in [0.717, 1.165) is 24.8 Å². The van der Waals surface area contributed by atoms with Crippen molar-refractivity contribution in [3.63, 3.8) is 0 Å². The van der Waals surface area contributed by atoms with Gasteiger partial charge in [0.05, 0.1) is 6.61 Å². The van der Waals surface area contributed by atoms with Crippen LogP contribution in [0.25, 0.3) is 0 Å². The maximum absolute atomic E-state index is 5.53. The molecule has 0 radical (unpaired) electrons. The molecule has 0 saturated heterocycles. The molecule has 1 aromatic carbocycles. The average Bonchev–Trinajstić information content (AvgIpc) is 2.68. The van der Waals surface area contributed by atoms with Crippen molar-refractivity contribution in [3.05, 3.63) is 29.8 Å². The Labute approximate surface area is 117 Å². The van der Waals surface area contributed by atoms with E-state index in [4.69, 9.17) is 4.74 Å². The van der Waals surface area contributed by atoms with Crippen LogP contribution in [-0.2, 0) is 6.54 Å². The predicted molar refractivity (Wildman–Crippen MR) is 80.5 cm³/mol. The molecule has 1 aromatic rings. The fourth-order valence-electron chi connectivity index (χ4n) is 2.90. The summed E-state index contributed by atoms with van der Waals surface area (Å²) < 4.78 is 5.53. The van der Waals surface area contributed by atoms with Crippen LogP contribution in [0.2, 0.25) is 0 Å². The van der Waals surface area contributed by atoms with Gasteiger partial charge in [0.2, 0.25) is 0 Å². The van der Waals surface area contributed by atoms with Crippen LogP contribution in [0.5, 0.6) is 5.75 Å². The highest BCUT2D eigenvalue weighted by Gasteiger charge is 2.11. The van der Waals surface area contributed by atoms with E-state index in [0.29, 0.717) is 0 Å². The lowest BCUT2D eigenvalue weighted by molar-refractivity contribution is 0.339. The van der Waals surface area contributed by atoms with Gasteiger partial charge in [-0.05, 0) is 49.9 Å². The highest BCUT2D eigenvalue weighted by atomic mass is 16.5. The van der Waals surface area contributed by atoms with Crippen molar-refractivity contribution in [2.24, 2.45) is 5.92 Å². The molecule has 0 aromatic heterocycles. The Hall–Kier alpha value is -1.02. The summed E-state index contributed by atoms with van der Waals surface area (Å²) in [5.74, 6) is 1.87. The van der Waals surface area contributed by atoms with Crippen molar-refractivity contribution in [3.8, 4) is 5.75 Å². The topological polar surface area (TPSA) is 21.3 Å². The van der Waals surface area contributed by atoms with E-state index in [1.165, 1.54) is 50.6 Å². The van der Waals surface area contributed by atoms with Crippen molar-refractivity contribution in [1.29, 1.82) is 0 Å². The lowest BCUT2D eigenvalue weighted by atomic mass is 10.0. The molecule has 1 aliphatic carbocycles. The maximum atomic E-state index is 5.53. The minimum absolute atomic E-state index is 0.735. The van der Waals surface area contributed by atoms with E-state index in [9.17, 15) is 0 Å². The minimum atomic E-state index is 0.735. The molecule has 0 atom stereocenters. The molecule has 19 heavy (non-hydrogen) atoms. The summed E-state index contributed by atoms with van der Waals surface area (Å²) in [7, 11) is 0. The quantitative estimate of drug-likeness (QED) is 0.777. The summed E-state index contributed by atoms with van der Waals surface area (Å²) in [6.45, 7) is 4.88. The normalized spacial score (nSPS) is 17.1. The SMILES string of the molecule is CCOc1cccc(CNCC2CCCCCC2)c1. The van der Waals surface area contributed by atoms with Gasteiger partial charge in [0.1, 0.15) is 5.75 Å². The molecule has 1 N–H and O–H groups in total. The molecule has 2 rings (SSSR count). The van der Waals surface area contributed by atoms with Crippen LogP contribution in [0.15, 0.2) is 24.3 Å². The molecular formula is C17H27NO. The molecule has 0 spiro atoms. The second-order valence-electron chi connectivity index (χ2n) is 5.57. The summed E-state index contributed by atoms with van der Waals surface area (Å²) in [5, 5.41) is 3.61. The molecular weight excluding hydrogens is 234 g/mol. The molecule has 2 heteroatoms. The third kappa shape index (κ3) is 5.23. The van der Waals surface area contributed by atoms with Crippen LogP contribution >= 0.6 is 0 Å². The molecule has 0 heterocycles. The summed E-state index contributed by atoms with van der Waals surface area (Å²) in [5.41, 5.74) is 1.32. The van der Waals surface area contributed by atoms with Gasteiger partial charge in [-0.15, -0.1) is 0 Å². The summed E-state index contributed by atoms with van der Waals surface area (Å²) >= 11 is 0. The average molecular weight is 261 g/mol. The molecule has 1 fully saturated rings. The Morgan fingerprint density at radius 1 is 1.16 bits per heavy atom. The lowest BCUT2D eigenvalue weighted by Gasteiger charge is -2.15. The maximum Gasteiger partial charge on any atom is 0.119 e. The molecule has 0 amide bonds. The van der Waals surface area contributed by atoms with Gasteiger partial charge in [-0.1, -0.05) is 37.8 Å². The van der Waals surface area contributed by atoms with Crippen LogP contribution < -0.4 is 10.1 Å². The van der Waals surface area contributed by atoms with E-state index in [1.807, 2.05) is 13.0 Å². The van der Waals surface area contributed by atoms with Crippen molar-refractivity contribution < 1.29 is 4.74 Å². The minimum Gasteiger partial charge on any atom is -0.494 e. The third-order valence-corrected chi connectivity index (χ3v) is 3.95. The summed E-state index contributed by atoms with van der Waals surface area (Å²) in [4.78, 5) is 0. The standard InChI is InChI=1S/C17H27NO/c1-2-19-17-11-7-10-16(12-17)14-18-13-15-8-5-3-4-6-9-15/h7,10-12,15,18H,2-6,8-9,13-14H2,1H3. The zero-order valence-corrected chi connectivity index (χ0v) is 12.2. The largest absolute Gasteiger partial charge is 0.494 e. The van der Waals surface area contributed by atoms with Crippen LogP contribution in [0.3, 0.4) is 0 Å². The first-order chi connectivity index (χ1) is 9.38. The molecule has 2 nitrogen and oxygen atoms in total. The van der Waals surface area contributed by atoms with E-state index in [1.54, 1.807) is 0 Å². The van der Waals surface area contributed by atoms with E-state index in [-0.39, 0.29) is 0 Å². The molecule has 0 unspecified atom stereocenters. The van der Waals surface area contributed by atoms with Gasteiger partial charge in [0.25, 0.3) is 0 Å². The Morgan fingerprint density at radius 3 is 2.68 bits per heavy atom. The number of ether oxygens (including phenoxy) is 1. The van der Waals surface area contributed by atoms with Crippen LogP contribution in [0.4, 0.5) is 0 Å². The van der Waals surface area contributed by atoms with Gasteiger partial charge < -0.3 is 10.1 Å². The van der Waals surface area contributed by atoms with Gasteiger partial charge >= 0.3 is 0 Å². The van der Waals surface area contributed by atoms with Crippen molar-refractivity contribution >= 4 is 0 Å². The Bertz CT molecular complexity index is 356. The first kappa shape index (κ1) is 14.4. The van der Waals surface area contributed by atoms with Crippen LogP contribution in [0, 0.1) is 5.92 Å². The third-order valence-electron chi connectivity index (χ3n) is 3.95. The predicted octanol–water partition coefficient (Wildman–Crippen LogP) is 4.15. The Morgan fingerprint density at radius 2 is 1.95 bits per heavy atom. The molecule has 0 aliphatic heterocycles. The van der Waals surface area contributed by atoms with Crippen molar-refractivity contribution in [1.82, 2.24) is 5.32 Å². The van der Waals surface area contributed by atoms with Crippen LogP contribution in [-0.4, -0.2) is 13.2 Å². The highest BCUT2D eigenvalue weighted by Crippen LogP contribution is 2.22. The first-order valence-corrected chi connectivity index (χ1v) is 7.81. The van der Waals surface area contributed by atoms with Gasteiger partial charge in [-0.25, -0.2) is 0 Å². The van der Waals surface area contributed by atoms with Crippen molar-refractivity contribution in [2.45, 2.75) is 52.0 Å². The Kier molecular flexibility index (Phi) is 6.22. The van der Waals surface area contributed by atoms with Gasteiger partial charge in [0.15, 0.2) is 0 Å². The fourth-order valence-corrected chi connectivity index (χ4v) is 2.90. The second-order valence-corrected chi connectivity index (χ2v) is 5.57. The smallest absolute Gasteiger partial charge is 0.119 e. The Balaban J connectivity index is 1.73. The van der Waals surface area contributed by atoms with Crippen LogP contribution in [0.1, 0.15) is 51.0 Å². The zero-order valence-electron chi connectivity index (χ0n) is 12.2. The monoisotopic (exact) mass is 261 g/mol. The number of benzene rings is 1. The lowest BCUT2D eigenvalue weighted by Crippen LogP contribution is -2.22. The van der Waals surface area contributed by atoms with E-state index in [2.05, 4.69) is 23.5 Å². The summed E-state index contributed by atoms with van der Waals surface area (Å²) in [6.07, 6.45) is 8.54. The number of rotatable bonds is 6. The zero-order chi connectivity index (χ0) is 13.3. The number of hydrogen-bond acceptors (Lipinski definition) is 2. The molecule has 106 valence electrons. The van der Waals surface area contributed by atoms with Gasteiger partial charge in [-0.3, -0.25) is 0 Å². The first-order valence-electron chi connectivity index (χ1n) is 7.81. The summed E-state index contributed by atoms with van der Waals surface area (Å²) in [6, 6.07) is 8.41. The molecule has 1 aliphatic rings. The van der Waals surface area contributed by atoms with E-state index >= 15 is 0 Å². The van der Waals surface area contributed by atoms with Gasteiger partial charge in [-0.2, -0.15) is 0 Å². The van der Waals surface area contributed by atoms with Crippen molar-refractivity contribution in [2.75, 3.05) is 13.2 Å². The molecule has 1 saturated carbocycles. The molecule has 0 bridgehead atoms.